The van der Waals surface area contributed by atoms with Crippen molar-refractivity contribution in [3.63, 3.8) is 0 Å². The van der Waals surface area contributed by atoms with Crippen molar-refractivity contribution in [2.45, 2.75) is 31.6 Å². The second-order valence-electron chi connectivity index (χ2n) is 10.7. The van der Waals surface area contributed by atoms with E-state index in [4.69, 9.17) is 26.9 Å². The number of para-hydroxylation sites is 2. The number of imidazole rings is 1. The quantitative estimate of drug-likeness (QED) is 0.0794. The van der Waals surface area contributed by atoms with Crippen molar-refractivity contribution in [2.75, 3.05) is 6.54 Å². The maximum atomic E-state index is 13.1. The molecule has 1 atom stereocenters. The third kappa shape index (κ3) is 7.87. The van der Waals surface area contributed by atoms with Gasteiger partial charge in [0.15, 0.2) is 5.96 Å². The van der Waals surface area contributed by atoms with Crippen LogP contribution in [0.15, 0.2) is 102 Å². The van der Waals surface area contributed by atoms with Crippen molar-refractivity contribution >= 4 is 28.8 Å². The minimum Gasteiger partial charge on any atom is -0.457 e. The fourth-order valence-corrected chi connectivity index (χ4v) is 5.13. The Balaban J connectivity index is 1.53. The molecule has 0 radical (unpaired) electrons. The Hall–Kier alpha value is -5.85. The number of benzene rings is 4. The fraction of sp³-hybridized carbons (Fsp3) is 0.176. The molecule has 5 rings (SSSR count). The topological polar surface area (TPSA) is 164 Å². The number of hydrogen-bond acceptors (Lipinski definition) is 5. The second kappa shape index (κ2) is 14.1. The number of alkyl halides is 3. The molecule has 7 N–H and O–H groups in total. The van der Waals surface area contributed by atoms with Crippen LogP contribution in [0, 0.1) is 0 Å². The normalized spacial score (nSPS) is 12.0. The average Bonchev–Trinajstić information content (AvgIpc) is 3.42. The first-order chi connectivity index (χ1) is 22.5. The number of aromatic nitrogens is 2. The zero-order chi connectivity index (χ0) is 33.6. The van der Waals surface area contributed by atoms with Gasteiger partial charge in [-0.05, 0) is 73.0 Å². The molecule has 0 fully saturated rings. The largest absolute Gasteiger partial charge is 0.457 e. The molecule has 47 heavy (non-hydrogen) atoms. The molecule has 1 aromatic heterocycles. The summed E-state index contributed by atoms with van der Waals surface area (Å²) >= 11 is 0. The minimum absolute atomic E-state index is 0.0692. The summed E-state index contributed by atoms with van der Waals surface area (Å²) in [6.45, 7) is 0.155. The lowest BCUT2D eigenvalue weighted by atomic mass is 10.1. The van der Waals surface area contributed by atoms with Crippen LogP contribution in [0.5, 0.6) is 11.5 Å². The second-order valence-corrected chi connectivity index (χ2v) is 10.7. The van der Waals surface area contributed by atoms with Gasteiger partial charge in [0.2, 0.25) is 5.91 Å². The molecule has 13 heteroatoms. The van der Waals surface area contributed by atoms with Gasteiger partial charge < -0.3 is 31.8 Å². The van der Waals surface area contributed by atoms with Crippen molar-refractivity contribution in [1.82, 2.24) is 14.9 Å². The number of nitrogens with two attached hydrogens (primary N) is 3. The number of guanidine groups is 1. The predicted octanol–water partition coefficient (Wildman–Crippen LogP) is 5.52. The Labute approximate surface area is 268 Å². The minimum atomic E-state index is -4.50. The van der Waals surface area contributed by atoms with Crippen molar-refractivity contribution in [2.24, 2.45) is 22.2 Å². The first kappa shape index (κ1) is 32.5. The van der Waals surface area contributed by atoms with Gasteiger partial charge in [-0.25, -0.2) is 4.98 Å². The number of nitrogens with one attached hydrogen (secondary N) is 1. The van der Waals surface area contributed by atoms with E-state index in [9.17, 15) is 22.8 Å². The summed E-state index contributed by atoms with van der Waals surface area (Å²) in [6.07, 6.45) is -3.78. The molecular formula is C34H32F3N7O3. The van der Waals surface area contributed by atoms with Crippen molar-refractivity contribution in [3.05, 3.63) is 114 Å². The molecule has 0 saturated heterocycles. The molecule has 4 aromatic carbocycles. The molecule has 10 nitrogen and oxygen atoms in total. The molecule has 0 bridgehead atoms. The Morgan fingerprint density at radius 1 is 0.915 bits per heavy atom. The number of carbonyl (C=O) groups excluding carboxylic acids is 2. The predicted molar refractivity (Wildman–Crippen MR) is 172 cm³/mol. The monoisotopic (exact) mass is 643 g/mol. The summed E-state index contributed by atoms with van der Waals surface area (Å²) in [6, 6.07) is 25.0. The third-order valence-electron chi connectivity index (χ3n) is 7.33. The molecule has 1 heterocycles. The van der Waals surface area contributed by atoms with E-state index in [0.717, 1.165) is 12.1 Å². The lowest BCUT2D eigenvalue weighted by molar-refractivity contribution is -0.137. The summed E-state index contributed by atoms with van der Waals surface area (Å²) in [7, 11) is 0. The lowest BCUT2D eigenvalue weighted by Crippen LogP contribution is -2.28. The third-order valence-corrected chi connectivity index (χ3v) is 7.33. The van der Waals surface area contributed by atoms with Gasteiger partial charge in [0, 0.05) is 18.7 Å². The number of halogens is 3. The summed E-state index contributed by atoms with van der Waals surface area (Å²) < 4.78 is 47.4. The van der Waals surface area contributed by atoms with Crippen LogP contribution < -0.4 is 27.3 Å². The number of ether oxygens (including phenoxy) is 1. The van der Waals surface area contributed by atoms with Crippen LogP contribution in [-0.4, -0.2) is 33.9 Å². The smallest absolute Gasteiger partial charge is 0.416 e. The van der Waals surface area contributed by atoms with Crippen LogP contribution in [0.1, 0.15) is 40.4 Å². The first-order valence-corrected chi connectivity index (χ1v) is 14.6. The molecule has 0 unspecified atom stereocenters. The Kier molecular flexibility index (Phi) is 9.74. The Morgan fingerprint density at radius 3 is 2.38 bits per heavy atom. The highest BCUT2D eigenvalue weighted by Crippen LogP contribution is 2.37. The van der Waals surface area contributed by atoms with Gasteiger partial charge in [-0.1, -0.05) is 42.5 Å². The zero-order valence-electron chi connectivity index (χ0n) is 25.1. The van der Waals surface area contributed by atoms with Gasteiger partial charge in [-0.15, -0.1) is 0 Å². The van der Waals surface area contributed by atoms with E-state index in [0.29, 0.717) is 45.9 Å². The van der Waals surface area contributed by atoms with E-state index < -0.39 is 29.6 Å². The number of hydrogen-bond donors (Lipinski definition) is 4. The number of amides is 2. The highest BCUT2D eigenvalue weighted by molar-refractivity contribution is 5.98. The number of nitrogens with zero attached hydrogens (tertiary/aromatic N) is 3. The van der Waals surface area contributed by atoms with E-state index in [1.54, 1.807) is 47.0 Å². The molecule has 0 aliphatic rings. The molecule has 0 aliphatic heterocycles. The van der Waals surface area contributed by atoms with Gasteiger partial charge in [0.25, 0.3) is 5.91 Å². The highest BCUT2D eigenvalue weighted by Gasteiger charge is 2.30. The number of fused-ring (bicyclic) bond motifs is 1. The van der Waals surface area contributed by atoms with Gasteiger partial charge in [-0.3, -0.25) is 14.6 Å². The molecule has 5 aromatic rings. The van der Waals surface area contributed by atoms with Crippen molar-refractivity contribution in [1.29, 1.82) is 0 Å². The molecule has 0 spiro atoms. The molecule has 0 saturated carbocycles. The van der Waals surface area contributed by atoms with Crippen LogP contribution in [0.4, 0.5) is 13.2 Å². The van der Waals surface area contributed by atoms with Gasteiger partial charge in [0.1, 0.15) is 23.4 Å². The van der Waals surface area contributed by atoms with E-state index in [-0.39, 0.29) is 31.0 Å². The van der Waals surface area contributed by atoms with Crippen LogP contribution in [0.25, 0.3) is 22.4 Å². The number of rotatable bonds is 12. The summed E-state index contributed by atoms with van der Waals surface area (Å²) in [5.74, 6) is 0.236. The van der Waals surface area contributed by atoms with E-state index >= 15 is 0 Å². The molecule has 2 amide bonds. The summed E-state index contributed by atoms with van der Waals surface area (Å²) in [5.41, 5.74) is 18.1. The Bertz CT molecular complexity index is 1920. The first-order valence-electron chi connectivity index (χ1n) is 14.6. The van der Waals surface area contributed by atoms with Crippen molar-refractivity contribution in [3.8, 4) is 22.9 Å². The number of carbonyl (C=O) groups is 2. The van der Waals surface area contributed by atoms with Crippen LogP contribution in [0.2, 0.25) is 0 Å². The van der Waals surface area contributed by atoms with Gasteiger partial charge >= 0.3 is 6.18 Å². The molecule has 242 valence electrons. The van der Waals surface area contributed by atoms with Crippen molar-refractivity contribution < 1.29 is 27.5 Å². The standard InChI is InChI=1S/C34H32F3N7O3/c35-34(36,37)23-9-6-8-21(18-23)20-42-32(46)22-15-16-27-26(19-22)43-31(44(27)28(30(38)45)13-7-17-41-33(39)40)25-12-4-5-14-29(25)47-24-10-2-1-3-11-24/h1-6,8-12,14-16,18-19,28H,7,13,17,20H2,(H2,38,45)(H,42,46)(H4,39,40,41)/t28-/m1/s1. The van der Waals surface area contributed by atoms with Gasteiger partial charge in [-0.2, -0.15) is 13.2 Å². The highest BCUT2D eigenvalue weighted by atomic mass is 19.4. The average molecular weight is 644 g/mol. The van der Waals surface area contributed by atoms with E-state index in [2.05, 4.69) is 10.3 Å². The van der Waals surface area contributed by atoms with Gasteiger partial charge in [0.05, 0.1) is 22.2 Å². The Morgan fingerprint density at radius 2 is 1.66 bits per heavy atom. The van der Waals surface area contributed by atoms with Crippen LogP contribution >= 0.6 is 0 Å². The fourth-order valence-electron chi connectivity index (χ4n) is 5.13. The van der Waals surface area contributed by atoms with Crippen LogP contribution in [-0.2, 0) is 17.5 Å². The number of aliphatic imine (C=N–C) groups is 1. The van der Waals surface area contributed by atoms with E-state index in [1.165, 1.54) is 12.1 Å². The van der Waals surface area contributed by atoms with Crippen LogP contribution in [0.3, 0.4) is 0 Å². The molecular weight excluding hydrogens is 611 g/mol. The molecule has 0 aliphatic carbocycles. The maximum absolute atomic E-state index is 13.1. The number of primary amides is 1. The SMILES string of the molecule is NC(=O)[C@@H](CCCN=C(N)N)n1c(-c2ccccc2Oc2ccccc2)nc2cc(C(=O)NCc3cccc(C(F)(F)F)c3)ccc21. The maximum Gasteiger partial charge on any atom is 0.416 e. The zero-order valence-corrected chi connectivity index (χ0v) is 25.1. The lowest BCUT2D eigenvalue weighted by Gasteiger charge is -2.20. The summed E-state index contributed by atoms with van der Waals surface area (Å²) in [5, 5.41) is 2.66. The summed E-state index contributed by atoms with van der Waals surface area (Å²) in [4.78, 5) is 34.9. The van der Waals surface area contributed by atoms with E-state index in [1.807, 2.05) is 30.3 Å².